The van der Waals surface area contributed by atoms with Crippen molar-refractivity contribution in [2.24, 2.45) is 22.7 Å². The molecule has 3 fully saturated rings. The molecular weight excluding hydrogens is 360 g/mol. The summed E-state index contributed by atoms with van der Waals surface area (Å²) in [7, 11) is 0. The minimum atomic E-state index is -0.961. The van der Waals surface area contributed by atoms with Gasteiger partial charge in [-0.2, -0.15) is 0 Å². The van der Waals surface area contributed by atoms with Crippen molar-refractivity contribution in [3.8, 4) is 0 Å². The molecule has 0 aromatic rings. The molecule has 0 aromatic carbocycles. The summed E-state index contributed by atoms with van der Waals surface area (Å²) in [6.07, 6.45) is 3.33. The van der Waals surface area contributed by atoms with Crippen LogP contribution in [0.5, 0.6) is 0 Å². The lowest BCUT2D eigenvalue weighted by atomic mass is 9.85. The van der Waals surface area contributed by atoms with Gasteiger partial charge in [0.15, 0.2) is 0 Å². The van der Waals surface area contributed by atoms with E-state index in [4.69, 9.17) is 4.74 Å². The first-order chi connectivity index (χ1) is 12.7. The summed E-state index contributed by atoms with van der Waals surface area (Å²) in [5.41, 5.74) is -1.29. The summed E-state index contributed by atoms with van der Waals surface area (Å²) in [5.74, 6) is -0.0254. The zero-order chi connectivity index (χ0) is 21.1. The van der Waals surface area contributed by atoms with E-state index in [2.05, 4.69) is 5.32 Å². The van der Waals surface area contributed by atoms with Gasteiger partial charge in [-0.25, -0.2) is 9.59 Å². The van der Waals surface area contributed by atoms with Crippen LogP contribution >= 0.6 is 0 Å². The van der Waals surface area contributed by atoms with Crippen LogP contribution in [-0.4, -0.2) is 52.2 Å². The molecule has 1 aliphatic heterocycles. The second-order valence-electron chi connectivity index (χ2n) is 11.0. The molecule has 2 saturated carbocycles. The van der Waals surface area contributed by atoms with Gasteiger partial charge >= 0.3 is 12.1 Å². The fourth-order valence-corrected chi connectivity index (χ4v) is 4.66. The Morgan fingerprint density at radius 3 is 2.18 bits per heavy atom. The highest BCUT2D eigenvalue weighted by molar-refractivity contribution is 5.90. The van der Waals surface area contributed by atoms with Gasteiger partial charge in [0.2, 0.25) is 5.91 Å². The lowest BCUT2D eigenvalue weighted by Crippen LogP contribution is -2.57. The van der Waals surface area contributed by atoms with Gasteiger partial charge in [-0.1, -0.05) is 20.8 Å². The maximum Gasteiger partial charge on any atom is 0.408 e. The molecule has 1 heterocycles. The van der Waals surface area contributed by atoms with Gasteiger partial charge in [0, 0.05) is 6.54 Å². The third-order valence-corrected chi connectivity index (χ3v) is 6.25. The van der Waals surface area contributed by atoms with Crippen LogP contribution in [0.25, 0.3) is 0 Å². The van der Waals surface area contributed by atoms with Crippen LogP contribution in [0, 0.1) is 22.7 Å². The molecule has 0 unspecified atom stereocenters. The van der Waals surface area contributed by atoms with Crippen molar-refractivity contribution in [1.82, 2.24) is 10.2 Å². The predicted molar refractivity (Wildman–Crippen MR) is 104 cm³/mol. The first-order valence-electron chi connectivity index (χ1n) is 10.3. The largest absolute Gasteiger partial charge is 0.480 e. The summed E-state index contributed by atoms with van der Waals surface area (Å²) in [5, 5.41) is 12.4. The number of likely N-dealkylation sites (tertiary alicyclic amines) is 1. The molecule has 28 heavy (non-hydrogen) atoms. The second kappa shape index (κ2) is 6.63. The molecule has 7 heteroatoms. The Bertz CT molecular complexity index is 673. The number of carbonyl (C=O) groups excluding carboxylic acids is 2. The standard InChI is InChI=1S/C21H34N2O5/c1-19(2,3)15(22-18(27)28-20(4,5)6)16(24)23-11-21(10-14(23)17(25)26)9-13(21)12-7-8-12/h12-15H,7-11H2,1-6H3,(H,22,27)(H,25,26)/t13-,14-,15+,21+/m0/s1. The van der Waals surface area contributed by atoms with Gasteiger partial charge in [-0.3, -0.25) is 4.79 Å². The van der Waals surface area contributed by atoms with E-state index in [1.54, 1.807) is 20.8 Å². The van der Waals surface area contributed by atoms with E-state index in [9.17, 15) is 19.5 Å². The van der Waals surface area contributed by atoms with Crippen molar-refractivity contribution in [1.29, 1.82) is 0 Å². The van der Waals surface area contributed by atoms with Crippen molar-refractivity contribution in [2.45, 2.75) is 84.9 Å². The zero-order valence-corrected chi connectivity index (χ0v) is 17.9. The number of amides is 2. The number of aliphatic carboxylic acids is 1. The number of hydrogen-bond donors (Lipinski definition) is 2. The minimum absolute atomic E-state index is 0.0335. The highest BCUT2D eigenvalue weighted by Crippen LogP contribution is 2.67. The third-order valence-electron chi connectivity index (χ3n) is 6.25. The van der Waals surface area contributed by atoms with Gasteiger partial charge in [0.25, 0.3) is 0 Å². The predicted octanol–water partition coefficient (Wildman–Crippen LogP) is 3.03. The molecule has 7 nitrogen and oxygen atoms in total. The summed E-state index contributed by atoms with van der Waals surface area (Å²) >= 11 is 0. The quantitative estimate of drug-likeness (QED) is 0.764. The molecule has 158 valence electrons. The Balaban J connectivity index is 1.77. The fraction of sp³-hybridized carbons (Fsp3) is 0.857. The maximum absolute atomic E-state index is 13.4. The molecule has 1 saturated heterocycles. The molecule has 2 amide bonds. The first-order valence-corrected chi connectivity index (χ1v) is 10.3. The van der Waals surface area contributed by atoms with E-state index in [1.807, 2.05) is 20.8 Å². The normalized spacial score (nSPS) is 30.9. The molecule has 3 rings (SSSR count). The molecule has 0 radical (unpaired) electrons. The van der Waals surface area contributed by atoms with E-state index in [0.717, 1.165) is 6.42 Å². The van der Waals surface area contributed by atoms with Crippen LogP contribution < -0.4 is 5.32 Å². The van der Waals surface area contributed by atoms with Gasteiger partial charge < -0.3 is 20.1 Å². The Labute approximate surface area is 167 Å². The molecule has 2 aliphatic carbocycles. The Morgan fingerprint density at radius 2 is 1.71 bits per heavy atom. The lowest BCUT2D eigenvalue weighted by molar-refractivity contribution is -0.150. The monoisotopic (exact) mass is 394 g/mol. The molecule has 2 N–H and O–H groups in total. The number of ether oxygens (including phenoxy) is 1. The Morgan fingerprint density at radius 1 is 1.11 bits per heavy atom. The molecule has 0 aromatic heterocycles. The molecule has 3 aliphatic rings. The first kappa shape index (κ1) is 20.9. The van der Waals surface area contributed by atoms with Gasteiger partial charge in [0.05, 0.1) is 0 Å². The van der Waals surface area contributed by atoms with E-state index < -0.39 is 35.2 Å². The average molecular weight is 395 g/mol. The van der Waals surface area contributed by atoms with E-state index in [0.29, 0.717) is 24.8 Å². The van der Waals surface area contributed by atoms with Gasteiger partial charge in [-0.15, -0.1) is 0 Å². The Kier molecular flexibility index (Phi) is 4.96. The van der Waals surface area contributed by atoms with Crippen molar-refractivity contribution >= 4 is 18.0 Å². The van der Waals surface area contributed by atoms with Crippen LogP contribution in [0.4, 0.5) is 4.79 Å². The molecular formula is C21H34N2O5. The van der Waals surface area contributed by atoms with Crippen LogP contribution in [-0.2, 0) is 14.3 Å². The minimum Gasteiger partial charge on any atom is -0.480 e. The van der Waals surface area contributed by atoms with Crippen LogP contribution in [0.15, 0.2) is 0 Å². The average Bonchev–Trinajstić information content (AvgIpc) is 3.38. The molecule has 4 atom stereocenters. The summed E-state index contributed by atoms with van der Waals surface area (Å²) in [4.78, 5) is 39.1. The van der Waals surface area contributed by atoms with Crippen molar-refractivity contribution in [3.05, 3.63) is 0 Å². The second-order valence-corrected chi connectivity index (χ2v) is 11.0. The number of rotatable bonds is 4. The Hall–Kier alpha value is -1.79. The third kappa shape index (κ3) is 4.28. The number of nitrogens with zero attached hydrogens (tertiary/aromatic N) is 1. The summed E-state index contributed by atoms with van der Waals surface area (Å²) in [6, 6.07) is -1.67. The number of alkyl carbamates (subject to hydrolysis) is 1. The van der Waals surface area contributed by atoms with Crippen molar-refractivity contribution in [3.63, 3.8) is 0 Å². The fourth-order valence-electron chi connectivity index (χ4n) is 4.66. The number of carboxylic acids is 1. The van der Waals surface area contributed by atoms with Crippen LogP contribution in [0.1, 0.15) is 67.2 Å². The summed E-state index contributed by atoms with van der Waals surface area (Å²) in [6.45, 7) is 11.3. The number of carboxylic acid groups (broad SMARTS) is 1. The smallest absolute Gasteiger partial charge is 0.408 e. The van der Waals surface area contributed by atoms with E-state index in [1.165, 1.54) is 17.7 Å². The van der Waals surface area contributed by atoms with Gasteiger partial charge in [-0.05, 0) is 69.1 Å². The van der Waals surface area contributed by atoms with Gasteiger partial charge in [0.1, 0.15) is 17.7 Å². The highest BCUT2D eigenvalue weighted by atomic mass is 16.6. The number of nitrogens with one attached hydrogen (secondary N) is 1. The van der Waals surface area contributed by atoms with E-state index >= 15 is 0 Å². The maximum atomic E-state index is 13.4. The van der Waals surface area contributed by atoms with Crippen molar-refractivity contribution < 1.29 is 24.2 Å². The lowest BCUT2D eigenvalue weighted by Gasteiger charge is -2.35. The summed E-state index contributed by atoms with van der Waals surface area (Å²) < 4.78 is 5.32. The van der Waals surface area contributed by atoms with Crippen LogP contribution in [0.2, 0.25) is 0 Å². The van der Waals surface area contributed by atoms with Crippen LogP contribution in [0.3, 0.4) is 0 Å². The number of carbonyl (C=O) groups is 3. The topological polar surface area (TPSA) is 95.9 Å². The molecule has 1 spiro atoms. The number of hydrogen-bond acceptors (Lipinski definition) is 4. The molecule has 0 bridgehead atoms. The zero-order valence-electron chi connectivity index (χ0n) is 17.9. The SMILES string of the molecule is CC(C)(C)OC(=O)N[C@H](C(=O)N1C[C@]2(C[C@H]1C(=O)O)C[C@H]2C1CC1)C(C)(C)C. The van der Waals surface area contributed by atoms with Crippen molar-refractivity contribution in [2.75, 3.05) is 6.54 Å². The van der Waals surface area contributed by atoms with E-state index in [-0.39, 0.29) is 11.3 Å². The highest BCUT2D eigenvalue weighted by Gasteiger charge is 2.66.